The first-order valence-corrected chi connectivity index (χ1v) is 5.92. The van der Waals surface area contributed by atoms with Crippen molar-refractivity contribution in [1.29, 1.82) is 5.26 Å². The van der Waals surface area contributed by atoms with Gasteiger partial charge >= 0.3 is 5.97 Å². The Kier molecular flexibility index (Phi) is 3.68. The Balaban J connectivity index is 2.20. The van der Waals surface area contributed by atoms with Gasteiger partial charge in [-0.2, -0.15) is 5.26 Å². The lowest BCUT2D eigenvalue weighted by Gasteiger charge is -2.18. The van der Waals surface area contributed by atoms with E-state index >= 15 is 0 Å². The molecule has 0 bridgehead atoms. The Labute approximate surface area is 110 Å². The number of nitriles is 1. The van der Waals surface area contributed by atoms with Crippen LogP contribution in [0.1, 0.15) is 12.0 Å². The van der Waals surface area contributed by atoms with Gasteiger partial charge in [0.05, 0.1) is 18.6 Å². The van der Waals surface area contributed by atoms with Crippen LogP contribution in [-0.2, 0) is 9.53 Å². The van der Waals surface area contributed by atoms with Gasteiger partial charge in [-0.25, -0.2) is 4.98 Å². The summed E-state index contributed by atoms with van der Waals surface area (Å²) in [6.45, 7) is 1.20. The quantitative estimate of drug-likeness (QED) is 0.760. The molecule has 0 radical (unpaired) electrons. The highest BCUT2D eigenvalue weighted by atomic mass is 35.5. The van der Waals surface area contributed by atoms with E-state index in [4.69, 9.17) is 21.6 Å². The van der Waals surface area contributed by atoms with E-state index in [1.807, 2.05) is 11.0 Å². The third-order valence-electron chi connectivity index (χ3n) is 3.01. The molecule has 0 N–H and O–H groups in total. The molecular formula is C12H12ClN3O2. The third-order valence-corrected chi connectivity index (χ3v) is 3.39. The summed E-state index contributed by atoms with van der Waals surface area (Å²) in [5, 5.41) is 9.25. The summed E-state index contributed by atoms with van der Waals surface area (Å²) < 4.78 is 4.72. The van der Waals surface area contributed by atoms with E-state index in [1.165, 1.54) is 7.11 Å². The van der Waals surface area contributed by atoms with Crippen LogP contribution in [0.3, 0.4) is 0 Å². The average molecular weight is 266 g/mol. The molecule has 18 heavy (non-hydrogen) atoms. The number of hydrogen-bond acceptors (Lipinski definition) is 5. The standard InChI is InChI=1S/C12H12ClN3O2/c1-18-12(17)9-3-5-16(7-9)11-10(13)8(6-14)2-4-15-11/h2,4,9H,3,5,7H2,1H3. The number of hydrogen-bond donors (Lipinski definition) is 0. The second-order valence-corrected chi connectivity index (χ2v) is 4.44. The molecule has 5 nitrogen and oxygen atoms in total. The van der Waals surface area contributed by atoms with Gasteiger partial charge in [0.1, 0.15) is 16.9 Å². The number of anilines is 1. The van der Waals surface area contributed by atoms with Crippen LogP contribution in [0.2, 0.25) is 5.02 Å². The van der Waals surface area contributed by atoms with E-state index in [-0.39, 0.29) is 11.9 Å². The fourth-order valence-corrected chi connectivity index (χ4v) is 2.32. The topological polar surface area (TPSA) is 66.2 Å². The molecule has 2 heterocycles. The van der Waals surface area contributed by atoms with Gasteiger partial charge in [-0.05, 0) is 12.5 Å². The molecule has 1 aromatic heterocycles. The van der Waals surface area contributed by atoms with E-state index in [9.17, 15) is 4.79 Å². The number of carbonyl (C=O) groups excluding carboxylic acids is 1. The monoisotopic (exact) mass is 265 g/mol. The van der Waals surface area contributed by atoms with Gasteiger partial charge in [0.15, 0.2) is 0 Å². The van der Waals surface area contributed by atoms with Crippen LogP contribution in [0.15, 0.2) is 12.3 Å². The fraction of sp³-hybridized carbons (Fsp3) is 0.417. The van der Waals surface area contributed by atoms with E-state index in [0.29, 0.717) is 35.9 Å². The van der Waals surface area contributed by atoms with E-state index < -0.39 is 0 Å². The summed E-state index contributed by atoms with van der Waals surface area (Å²) in [4.78, 5) is 17.5. The molecule has 2 rings (SSSR count). The maximum atomic E-state index is 11.4. The first kappa shape index (κ1) is 12.7. The lowest BCUT2D eigenvalue weighted by molar-refractivity contribution is -0.144. The van der Waals surface area contributed by atoms with Crippen molar-refractivity contribution < 1.29 is 9.53 Å². The number of carbonyl (C=O) groups is 1. The predicted molar refractivity (Wildman–Crippen MR) is 66.3 cm³/mol. The number of methoxy groups -OCH3 is 1. The Morgan fingerprint density at radius 1 is 1.72 bits per heavy atom. The van der Waals surface area contributed by atoms with Gasteiger partial charge < -0.3 is 9.64 Å². The summed E-state index contributed by atoms with van der Waals surface area (Å²) in [6, 6.07) is 3.58. The molecule has 1 aliphatic rings. The Bertz CT molecular complexity index is 513. The minimum atomic E-state index is -0.218. The predicted octanol–water partition coefficient (Wildman–Crippen LogP) is 1.61. The lowest BCUT2D eigenvalue weighted by atomic mass is 10.1. The summed E-state index contributed by atoms with van der Waals surface area (Å²) in [7, 11) is 1.38. The summed E-state index contributed by atoms with van der Waals surface area (Å²) in [5.41, 5.74) is 0.392. The van der Waals surface area contributed by atoms with Gasteiger partial charge in [0.25, 0.3) is 0 Å². The zero-order valence-corrected chi connectivity index (χ0v) is 10.6. The van der Waals surface area contributed by atoms with Gasteiger partial charge in [0.2, 0.25) is 0 Å². The molecule has 1 saturated heterocycles. The molecule has 0 aliphatic carbocycles. The Morgan fingerprint density at radius 2 is 2.50 bits per heavy atom. The summed E-state index contributed by atoms with van der Waals surface area (Å²) >= 11 is 6.11. The number of pyridine rings is 1. The van der Waals surface area contributed by atoms with Crippen molar-refractivity contribution in [3.8, 4) is 6.07 Å². The largest absolute Gasteiger partial charge is 0.469 e. The van der Waals surface area contributed by atoms with E-state index in [2.05, 4.69) is 4.98 Å². The minimum Gasteiger partial charge on any atom is -0.469 e. The maximum absolute atomic E-state index is 11.4. The number of rotatable bonds is 2. The normalized spacial score (nSPS) is 18.5. The van der Waals surface area contributed by atoms with Crippen molar-refractivity contribution in [2.24, 2.45) is 5.92 Å². The molecule has 0 spiro atoms. The number of aromatic nitrogens is 1. The van der Waals surface area contributed by atoms with Crippen LogP contribution in [0.5, 0.6) is 0 Å². The van der Waals surface area contributed by atoms with Crippen LogP contribution >= 0.6 is 11.6 Å². The van der Waals surface area contributed by atoms with Crippen molar-refractivity contribution in [3.05, 3.63) is 22.8 Å². The fourth-order valence-electron chi connectivity index (χ4n) is 2.05. The Hall–Kier alpha value is -1.80. The smallest absolute Gasteiger partial charge is 0.310 e. The highest BCUT2D eigenvalue weighted by Crippen LogP contribution is 2.30. The highest BCUT2D eigenvalue weighted by Gasteiger charge is 2.31. The zero-order chi connectivity index (χ0) is 13.1. The van der Waals surface area contributed by atoms with Gasteiger partial charge in [-0.3, -0.25) is 4.79 Å². The van der Waals surface area contributed by atoms with Crippen LogP contribution in [-0.4, -0.2) is 31.2 Å². The highest BCUT2D eigenvalue weighted by molar-refractivity contribution is 6.34. The third kappa shape index (κ3) is 2.24. The van der Waals surface area contributed by atoms with Gasteiger partial charge in [0, 0.05) is 19.3 Å². The number of esters is 1. The maximum Gasteiger partial charge on any atom is 0.310 e. The lowest BCUT2D eigenvalue weighted by Crippen LogP contribution is -2.24. The van der Waals surface area contributed by atoms with Crippen molar-refractivity contribution in [3.63, 3.8) is 0 Å². The van der Waals surface area contributed by atoms with Crippen LogP contribution in [0.25, 0.3) is 0 Å². The molecule has 6 heteroatoms. The molecule has 0 amide bonds. The SMILES string of the molecule is COC(=O)C1CCN(c2nccc(C#N)c2Cl)C1. The molecule has 1 unspecified atom stereocenters. The van der Waals surface area contributed by atoms with E-state index in [0.717, 1.165) is 0 Å². The number of ether oxygens (including phenoxy) is 1. The molecule has 94 valence electrons. The van der Waals surface area contributed by atoms with Crippen molar-refractivity contribution >= 4 is 23.4 Å². The van der Waals surface area contributed by atoms with Crippen molar-refractivity contribution in [2.45, 2.75) is 6.42 Å². The molecule has 0 aromatic carbocycles. The summed E-state index contributed by atoms with van der Waals surface area (Å²) in [6.07, 6.45) is 2.26. The van der Waals surface area contributed by atoms with Crippen molar-refractivity contribution in [1.82, 2.24) is 4.98 Å². The number of halogens is 1. The van der Waals surface area contributed by atoms with Crippen LogP contribution < -0.4 is 4.90 Å². The number of nitrogens with zero attached hydrogens (tertiary/aromatic N) is 3. The summed E-state index contributed by atoms with van der Waals surface area (Å²) in [5.74, 6) is 0.186. The van der Waals surface area contributed by atoms with E-state index in [1.54, 1.807) is 12.3 Å². The molecule has 0 saturated carbocycles. The van der Waals surface area contributed by atoms with Gasteiger partial charge in [-0.1, -0.05) is 11.6 Å². The van der Waals surface area contributed by atoms with Crippen molar-refractivity contribution in [2.75, 3.05) is 25.1 Å². The zero-order valence-electron chi connectivity index (χ0n) is 9.89. The molecule has 1 aromatic rings. The molecular weight excluding hydrogens is 254 g/mol. The van der Waals surface area contributed by atoms with Crippen LogP contribution in [0, 0.1) is 17.2 Å². The molecule has 1 atom stereocenters. The molecule has 1 aliphatic heterocycles. The molecule has 1 fully saturated rings. The minimum absolute atomic E-state index is 0.154. The van der Waals surface area contributed by atoms with Gasteiger partial charge in [-0.15, -0.1) is 0 Å². The second kappa shape index (κ2) is 5.23. The average Bonchev–Trinajstić information content (AvgIpc) is 2.87. The van der Waals surface area contributed by atoms with Crippen LogP contribution in [0.4, 0.5) is 5.82 Å². The first-order valence-electron chi connectivity index (χ1n) is 5.54. The second-order valence-electron chi connectivity index (χ2n) is 4.06. The Morgan fingerprint density at radius 3 is 3.17 bits per heavy atom. The first-order chi connectivity index (χ1) is 8.67.